The van der Waals surface area contributed by atoms with E-state index in [0.717, 1.165) is 0 Å². The molecular formula is C11H15N3O4. The number of aliphatic hydroxyl groups is 1. The lowest BCUT2D eigenvalue weighted by atomic mass is 10.3. The van der Waals surface area contributed by atoms with Gasteiger partial charge in [0.05, 0.1) is 11.5 Å². The molecule has 0 saturated heterocycles. The molecule has 0 aliphatic heterocycles. The van der Waals surface area contributed by atoms with Crippen LogP contribution in [0.2, 0.25) is 0 Å². The molecule has 18 heavy (non-hydrogen) atoms. The molecule has 7 nitrogen and oxygen atoms in total. The first-order valence-corrected chi connectivity index (χ1v) is 5.49. The molecule has 0 bridgehead atoms. The second-order valence-electron chi connectivity index (χ2n) is 3.54. The van der Waals surface area contributed by atoms with E-state index in [2.05, 4.69) is 5.32 Å². The van der Waals surface area contributed by atoms with Gasteiger partial charge in [-0.1, -0.05) is 0 Å². The number of nitrogens with zero attached hydrogens (tertiary/aromatic N) is 2. The smallest absolute Gasteiger partial charge is 0.321 e. The van der Waals surface area contributed by atoms with Crippen LogP contribution < -0.4 is 5.32 Å². The molecule has 0 atom stereocenters. The number of likely N-dealkylation sites (N-methyl/N-ethyl adjacent to an activating group) is 1. The van der Waals surface area contributed by atoms with Gasteiger partial charge >= 0.3 is 6.03 Å². The predicted octanol–water partition coefficient (Wildman–Crippen LogP) is 1.44. The predicted molar refractivity (Wildman–Crippen MR) is 66.4 cm³/mol. The topological polar surface area (TPSA) is 95.7 Å². The zero-order valence-electron chi connectivity index (χ0n) is 10.00. The van der Waals surface area contributed by atoms with Crippen molar-refractivity contribution in [2.75, 3.05) is 25.0 Å². The first kappa shape index (κ1) is 13.9. The Balaban J connectivity index is 2.66. The summed E-state index contributed by atoms with van der Waals surface area (Å²) in [5.41, 5.74) is 0.442. The van der Waals surface area contributed by atoms with E-state index in [1.165, 1.54) is 29.2 Å². The van der Waals surface area contributed by atoms with Crippen LogP contribution in [0.15, 0.2) is 24.3 Å². The number of benzene rings is 1. The van der Waals surface area contributed by atoms with Crippen molar-refractivity contribution in [3.8, 4) is 0 Å². The number of carbonyl (C=O) groups excluding carboxylic acids is 1. The largest absolute Gasteiger partial charge is 0.395 e. The zero-order chi connectivity index (χ0) is 13.5. The minimum atomic E-state index is -0.504. The van der Waals surface area contributed by atoms with Crippen LogP contribution in [-0.2, 0) is 0 Å². The van der Waals surface area contributed by atoms with E-state index in [1.807, 2.05) is 0 Å². The van der Waals surface area contributed by atoms with Gasteiger partial charge in [-0.25, -0.2) is 4.79 Å². The molecule has 0 heterocycles. The number of anilines is 1. The molecule has 0 aliphatic rings. The first-order valence-electron chi connectivity index (χ1n) is 5.49. The number of aliphatic hydroxyl groups excluding tert-OH is 1. The number of hydrogen-bond acceptors (Lipinski definition) is 4. The van der Waals surface area contributed by atoms with E-state index in [1.54, 1.807) is 6.92 Å². The standard InChI is InChI=1S/C11H15N3O4/c1-2-13(7-8-15)11(16)12-9-3-5-10(6-4-9)14(17)18/h3-6,15H,2,7-8H2,1H3,(H,12,16). The molecule has 7 heteroatoms. The molecule has 1 aromatic carbocycles. The van der Waals surface area contributed by atoms with Gasteiger partial charge in [-0.2, -0.15) is 0 Å². The molecule has 1 aromatic rings. The van der Waals surface area contributed by atoms with Crippen molar-refractivity contribution in [1.82, 2.24) is 4.90 Å². The molecule has 98 valence electrons. The summed E-state index contributed by atoms with van der Waals surface area (Å²) in [6.07, 6.45) is 0. The molecule has 2 N–H and O–H groups in total. The van der Waals surface area contributed by atoms with Crippen LogP contribution in [0.25, 0.3) is 0 Å². The lowest BCUT2D eigenvalue weighted by Crippen LogP contribution is -2.36. The Hall–Kier alpha value is -2.15. The van der Waals surface area contributed by atoms with Gasteiger partial charge in [-0.05, 0) is 19.1 Å². The van der Waals surface area contributed by atoms with Crippen LogP contribution in [-0.4, -0.2) is 40.7 Å². The van der Waals surface area contributed by atoms with Crippen molar-refractivity contribution < 1.29 is 14.8 Å². The van der Waals surface area contributed by atoms with Gasteiger partial charge in [-0.3, -0.25) is 10.1 Å². The second-order valence-corrected chi connectivity index (χ2v) is 3.54. The monoisotopic (exact) mass is 253 g/mol. The molecule has 0 aliphatic carbocycles. The zero-order valence-corrected chi connectivity index (χ0v) is 10.00. The molecular weight excluding hydrogens is 238 g/mol. The van der Waals surface area contributed by atoms with E-state index in [-0.39, 0.29) is 24.9 Å². The van der Waals surface area contributed by atoms with E-state index in [9.17, 15) is 14.9 Å². The first-order chi connectivity index (χ1) is 8.58. The van der Waals surface area contributed by atoms with E-state index in [4.69, 9.17) is 5.11 Å². The Morgan fingerprint density at radius 3 is 2.50 bits per heavy atom. The quantitative estimate of drug-likeness (QED) is 0.613. The molecule has 0 unspecified atom stereocenters. The van der Waals surface area contributed by atoms with Crippen molar-refractivity contribution in [2.24, 2.45) is 0 Å². The fraction of sp³-hybridized carbons (Fsp3) is 0.364. The summed E-state index contributed by atoms with van der Waals surface area (Å²) in [6.45, 7) is 2.40. The van der Waals surface area contributed by atoms with Crippen LogP contribution in [0.3, 0.4) is 0 Å². The third-order valence-electron chi connectivity index (χ3n) is 2.37. The summed E-state index contributed by atoms with van der Waals surface area (Å²) in [6, 6.07) is 5.21. The maximum absolute atomic E-state index is 11.7. The molecule has 1 rings (SSSR count). The van der Waals surface area contributed by atoms with Crippen LogP contribution in [0, 0.1) is 10.1 Å². The number of rotatable bonds is 5. The summed E-state index contributed by atoms with van der Waals surface area (Å²) in [4.78, 5) is 23.1. The molecule has 0 aromatic heterocycles. The Labute approximate surface area is 104 Å². The van der Waals surface area contributed by atoms with Gasteiger partial charge in [-0.15, -0.1) is 0 Å². The van der Waals surface area contributed by atoms with Gasteiger partial charge in [0.1, 0.15) is 0 Å². The number of amides is 2. The summed E-state index contributed by atoms with van der Waals surface area (Å²) < 4.78 is 0. The van der Waals surface area contributed by atoms with Crippen molar-refractivity contribution >= 4 is 17.4 Å². The van der Waals surface area contributed by atoms with Crippen LogP contribution in [0.5, 0.6) is 0 Å². The second kappa shape index (κ2) is 6.55. The number of carbonyl (C=O) groups is 1. The Morgan fingerprint density at radius 1 is 1.44 bits per heavy atom. The number of non-ortho nitro benzene ring substituents is 1. The van der Waals surface area contributed by atoms with Crippen LogP contribution in [0.1, 0.15) is 6.92 Å². The van der Waals surface area contributed by atoms with Crippen LogP contribution in [0.4, 0.5) is 16.2 Å². The number of hydrogen-bond donors (Lipinski definition) is 2. The van der Waals surface area contributed by atoms with Crippen molar-refractivity contribution in [3.05, 3.63) is 34.4 Å². The minimum absolute atomic E-state index is 0.0318. The molecule has 0 radical (unpaired) electrons. The van der Waals surface area contributed by atoms with Gasteiger partial charge < -0.3 is 15.3 Å². The summed E-state index contributed by atoms with van der Waals surface area (Å²) in [5, 5.41) is 21.8. The lowest BCUT2D eigenvalue weighted by Gasteiger charge is -2.20. The van der Waals surface area contributed by atoms with E-state index < -0.39 is 4.92 Å². The lowest BCUT2D eigenvalue weighted by molar-refractivity contribution is -0.384. The van der Waals surface area contributed by atoms with Crippen molar-refractivity contribution in [1.29, 1.82) is 0 Å². The van der Waals surface area contributed by atoms with Crippen molar-refractivity contribution in [3.63, 3.8) is 0 Å². The average Bonchev–Trinajstić information content (AvgIpc) is 2.36. The fourth-order valence-electron chi connectivity index (χ4n) is 1.39. The average molecular weight is 253 g/mol. The normalized spacial score (nSPS) is 9.89. The van der Waals surface area contributed by atoms with Gasteiger partial charge in [0.2, 0.25) is 0 Å². The summed E-state index contributed by atoms with van der Waals surface area (Å²) in [5.74, 6) is 0. The third kappa shape index (κ3) is 3.70. The number of nitrogens with one attached hydrogen (secondary N) is 1. The highest BCUT2D eigenvalue weighted by Crippen LogP contribution is 2.15. The summed E-state index contributed by atoms with van der Waals surface area (Å²) in [7, 11) is 0. The highest BCUT2D eigenvalue weighted by molar-refractivity contribution is 5.89. The Morgan fingerprint density at radius 2 is 2.06 bits per heavy atom. The maximum Gasteiger partial charge on any atom is 0.321 e. The van der Waals surface area contributed by atoms with Crippen molar-refractivity contribution in [2.45, 2.75) is 6.92 Å². The summed E-state index contributed by atoms with van der Waals surface area (Å²) >= 11 is 0. The van der Waals surface area contributed by atoms with Gasteiger partial charge in [0, 0.05) is 30.9 Å². The SMILES string of the molecule is CCN(CCO)C(=O)Nc1ccc([N+](=O)[O-])cc1. The Bertz CT molecular complexity index is 419. The molecule has 0 saturated carbocycles. The van der Waals surface area contributed by atoms with Crippen LogP contribution >= 0.6 is 0 Å². The van der Waals surface area contributed by atoms with Gasteiger partial charge in [0.25, 0.3) is 5.69 Å². The highest BCUT2D eigenvalue weighted by Gasteiger charge is 2.11. The molecule has 0 spiro atoms. The fourth-order valence-corrected chi connectivity index (χ4v) is 1.39. The number of nitro groups is 1. The van der Waals surface area contributed by atoms with E-state index in [0.29, 0.717) is 12.2 Å². The number of urea groups is 1. The molecule has 0 fully saturated rings. The maximum atomic E-state index is 11.7. The molecule has 2 amide bonds. The third-order valence-corrected chi connectivity index (χ3v) is 2.37. The number of nitro benzene ring substituents is 1. The minimum Gasteiger partial charge on any atom is -0.395 e. The Kier molecular flexibility index (Phi) is 5.06. The highest BCUT2D eigenvalue weighted by atomic mass is 16.6. The van der Waals surface area contributed by atoms with Gasteiger partial charge in [0.15, 0.2) is 0 Å². The van der Waals surface area contributed by atoms with E-state index >= 15 is 0 Å².